The van der Waals surface area contributed by atoms with Gasteiger partial charge in [-0.25, -0.2) is 0 Å². The fraction of sp³-hybridized carbons (Fsp3) is 0.192. The number of ether oxygens (including phenoxy) is 2. The number of aromatic nitrogens is 1. The Hall–Kier alpha value is -3.37. The molecule has 152 valence electrons. The third kappa shape index (κ3) is 4.61. The summed E-state index contributed by atoms with van der Waals surface area (Å²) in [4.78, 5) is 16.3. The van der Waals surface area contributed by atoms with Crippen molar-refractivity contribution in [2.45, 2.75) is 18.9 Å². The molecule has 0 bridgehead atoms. The summed E-state index contributed by atoms with van der Waals surface area (Å²) in [6, 6.07) is 25.5. The second-order valence-electron chi connectivity index (χ2n) is 7.34. The van der Waals surface area contributed by atoms with Crippen molar-refractivity contribution in [1.29, 1.82) is 0 Å². The van der Waals surface area contributed by atoms with Gasteiger partial charge in [0, 0.05) is 35.0 Å². The molecule has 1 N–H and O–H groups in total. The Morgan fingerprint density at radius 2 is 1.67 bits per heavy atom. The van der Waals surface area contributed by atoms with Crippen LogP contribution >= 0.6 is 0 Å². The van der Waals surface area contributed by atoms with E-state index in [0.717, 1.165) is 27.8 Å². The molecule has 4 aromatic rings. The van der Waals surface area contributed by atoms with Gasteiger partial charge in [-0.05, 0) is 41.5 Å². The molecule has 0 radical (unpaired) electrons. The molecular formula is C26H25NO3. The van der Waals surface area contributed by atoms with E-state index in [4.69, 9.17) is 9.47 Å². The number of Topliss-reactive ketones (excluding diaryl/α,β-unsaturated/α-hetero) is 1. The highest BCUT2D eigenvalue weighted by Crippen LogP contribution is 2.30. The van der Waals surface area contributed by atoms with E-state index in [1.54, 1.807) is 7.11 Å². The summed E-state index contributed by atoms with van der Waals surface area (Å²) in [5.41, 5.74) is 3.98. The molecule has 0 aliphatic heterocycles. The quantitative estimate of drug-likeness (QED) is 0.365. The van der Waals surface area contributed by atoms with Crippen LogP contribution in [-0.2, 0) is 11.3 Å². The molecule has 4 rings (SSSR count). The highest BCUT2D eigenvalue weighted by molar-refractivity contribution is 5.97. The number of H-pyrrole nitrogens is 1. The third-order valence-electron chi connectivity index (χ3n) is 5.34. The number of benzene rings is 3. The fourth-order valence-electron chi connectivity index (χ4n) is 3.70. The van der Waals surface area contributed by atoms with Gasteiger partial charge in [0.1, 0.15) is 5.75 Å². The summed E-state index contributed by atoms with van der Waals surface area (Å²) in [6.07, 6.45) is 2.38. The van der Waals surface area contributed by atoms with Crippen molar-refractivity contribution < 1.29 is 14.3 Å². The number of carbonyl (C=O) groups excluding carboxylic acids is 1. The predicted octanol–water partition coefficient (Wildman–Crippen LogP) is 5.75. The van der Waals surface area contributed by atoms with Crippen molar-refractivity contribution >= 4 is 16.7 Å². The molecule has 1 heterocycles. The third-order valence-corrected chi connectivity index (χ3v) is 5.34. The number of hydrogen-bond acceptors (Lipinski definition) is 3. The average Bonchev–Trinajstić information content (AvgIpc) is 3.23. The lowest BCUT2D eigenvalue weighted by atomic mass is 9.92. The first-order valence-corrected chi connectivity index (χ1v) is 10.1. The van der Waals surface area contributed by atoms with Crippen LogP contribution in [0.15, 0.2) is 85.1 Å². The normalized spacial score (nSPS) is 12.0. The largest absolute Gasteiger partial charge is 0.497 e. The van der Waals surface area contributed by atoms with E-state index in [2.05, 4.69) is 11.1 Å². The van der Waals surface area contributed by atoms with Gasteiger partial charge in [-0.3, -0.25) is 4.79 Å². The second kappa shape index (κ2) is 9.42. The minimum Gasteiger partial charge on any atom is -0.497 e. The number of carbonyl (C=O) groups is 1. The number of fused-ring (bicyclic) bond motifs is 1. The van der Waals surface area contributed by atoms with Crippen LogP contribution in [0, 0.1) is 0 Å². The number of aromatic amines is 1. The van der Waals surface area contributed by atoms with Crippen LogP contribution in [0.3, 0.4) is 0 Å². The maximum atomic E-state index is 13.0. The Balaban J connectivity index is 1.53. The van der Waals surface area contributed by atoms with Crippen LogP contribution in [-0.4, -0.2) is 24.5 Å². The zero-order valence-corrected chi connectivity index (χ0v) is 17.0. The topological polar surface area (TPSA) is 51.3 Å². The van der Waals surface area contributed by atoms with Crippen molar-refractivity contribution in [3.8, 4) is 5.75 Å². The first kappa shape index (κ1) is 19.9. The molecule has 1 aromatic heterocycles. The molecule has 4 nitrogen and oxygen atoms in total. The van der Waals surface area contributed by atoms with Gasteiger partial charge in [-0.15, -0.1) is 0 Å². The first-order valence-electron chi connectivity index (χ1n) is 10.1. The molecule has 0 aliphatic rings. The molecule has 0 saturated heterocycles. The van der Waals surface area contributed by atoms with Crippen molar-refractivity contribution in [2.75, 3.05) is 13.7 Å². The lowest BCUT2D eigenvalue weighted by molar-refractivity contribution is 0.0868. The molecule has 0 spiro atoms. The first-order chi connectivity index (χ1) is 14.7. The van der Waals surface area contributed by atoms with Crippen molar-refractivity contribution in [2.24, 2.45) is 0 Å². The summed E-state index contributed by atoms with van der Waals surface area (Å²) in [6.45, 7) is 0.995. The Morgan fingerprint density at radius 3 is 2.43 bits per heavy atom. The number of nitrogens with one attached hydrogen (secondary N) is 1. The number of rotatable bonds is 9. The molecule has 0 amide bonds. The summed E-state index contributed by atoms with van der Waals surface area (Å²) >= 11 is 0. The molecule has 3 aromatic carbocycles. The van der Waals surface area contributed by atoms with Gasteiger partial charge in [0.15, 0.2) is 5.78 Å². The molecular weight excluding hydrogens is 374 g/mol. The van der Waals surface area contributed by atoms with Gasteiger partial charge >= 0.3 is 0 Å². The lowest BCUT2D eigenvalue weighted by Crippen LogP contribution is -2.13. The zero-order valence-electron chi connectivity index (χ0n) is 17.0. The Labute approximate surface area is 176 Å². The zero-order chi connectivity index (χ0) is 20.8. The van der Waals surface area contributed by atoms with Crippen LogP contribution in [0.25, 0.3) is 10.9 Å². The maximum Gasteiger partial charge on any atom is 0.163 e. The van der Waals surface area contributed by atoms with Crippen LogP contribution in [0.4, 0.5) is 0 Å². The molecule has 1 atom stereocenters. The van der Waals surface area contributed by atoms with E-state index in [-0.39, 0.29) is 11.7 Å². The highest BCUT2D eigenvalue weighted by atomic mass is 16.5. The fourth-order valence-corrected chi connectivity index (χ4v) is 3.70. The average molecular weight is 399 g/mol. The minimum absolute atomic E-state index is 0.0422. The van der Waals surface area contributed by atoms with Crippen LogP contribution in [0.2, 0.25) is 0 Å². The number of para-hydroxylation sites is 1. The number of ketones is 1. The van der Waals surface area contributed by atoms with E-state index in [9.17, 15) is 4.79 Å². The lowest BCUT2D eigenvalue weighted by Gasteiger charge is -2.17. The maximum absolute atomic E-state index is 13.0. The standard InChI is InChI=1S/C26H25NO3/c1-29-22-13-11-20(12-14-22)26(28)15-21(18-30-17-19-7-3-2-4-8-19)24-16-27-25-10-6-5-9-23(24)25/h2-14,16,21,27H,15,17-18H2,1H3/t21-/m0/s1. The van der Waals surface area contributed by atoms with Gasteiger partial charge in [-0.1, -0.05) is 48.5 Å². The molecule has 30 heavy (non-hydrogen) atoms. The highest BCUT2D eigenvalue weighted by Gasteiger charge is 2.21. The van der Waals surface area contributed by atoms with Gasteiger partial charge in [0.05, 0.1) is 20.3 Å². The van der Waals surface area contributed by atoms with Gasteiger partial charge < -0.3 is 14.5 Å². The summed E-state index contributed by atoms with van der Waals surface area (Å²) in [5.74, 6) is 0.793. The Bertz CT molecular complexity index is 1100. The van der Waals surface area contributed by atoms with E-state index >= 15 is 0 Å². The minimum atomic E-state index is -0.0422. The van der Waals surface area contributed by atoms with E-state index in [1.807, 2.05) is 79.0 Å². The van der Waals surface area contributed by atoms with E-state index < -0.39 is 0 Å². The smallest absolute Gasteiger partial charge is 0.163 e. The van der Waals surface area contributed by atoms with Crippen molar-refractivity contribution in [3.63, 3.8) is 0 Å². The molecule has 0 unspecified atom stereocenters. The molecule has 4 heteroatoms. The van der Waals surface area contributed by atoms with Crippen LogP contribution in [0.5, 0.6) is 5.75 Å². The van der Waals surface area contributed by atoms with Gasteiger partial charge in [-0.2, -0.15) is 0 Å². The monoisotopic (exact) mass is 399 g/mol. The molecule has 0 aliphatic carbocycles. The van der Waals surface area contributed by atoms with Crippen LogP contribution < -0.4 is 4.74 Å². The van der Waals surface area contributed by atoms with Crippen molar-refractivity contribution in [3.05, 3.63) is 102 Å². The Kier molecular flexibility index (Phi) is 6.26. The predicted molar refractivity (Wildman–Crippen MR) is 119 cm³/mol. The Morgan fingerprint density at radius 1 is 0.933 bits per heavy atom. The van der Waals surface area contributed by atoms with Gasteiger partial charge in [0.25, 0.3) is 0 Å². The van der Waals surface area contributed by atoms with Gasteiger partial charge in [0.2, 0.25) is 0 Å². The number of methoxy groups -OCH3 is 1. The second-order valence-corrected chi connectivity index (χ2v) is 7.34. The molecule has 0 fully saturated rings. The van der Waals surface area contributed by atoms with Crippen molar-refractivity contribution in [1.82, 2.24) is 4.98 Å². The molecule has 0 saturated carbocycles. The van der Waals surface area contributed by atoms with E-state index in [0.29, 0.717) is 25.2 Å². The SMILES string of the molecule is COc1ccc(C(=O)C[C@@H](COCc2ccccc2)c2c[nH]c3ccccc23)cc1. The van der Waals surface area contributed by atoms with E-state index in [1.165, 1.54) is 0 Å². The van der Waals surface area contributed by atoms with Crippen LogP contribution in [0.1, 0.15) is 33.8 Å². The summed E-state index contributed by atoms with van der Waals surface area (Å²) in [5, 5.41) is 1.13. The summed E-state index contributed by atoms with van der Waals surface area (Å²) in [7, 11) is 1.62. The summed E-state index contributed by atoms with van der Waals surface area (Å²) < 4.78 is 11.2. The number of hydrogen-bond donors (Lipinski definition) is 1.